The summed E-state index contributed by atoms with van der Waals surface area (Å²) in [7, 11) is 3.15. The fourth-order valence-corrected chi connectivity index (χ4v) is 3.68. The number of hydrogen-bond donors (Lipinski definition) is 1. The van der Waals surface area contributed by atoms with E-state index in [1.165, 1.54) is 17.7 Å². The maximum Gasteiger partial charge on any atom is 0.332 e. The molecule has 28 heavy (non-hydrogen) atoms. The summed E-state index contributed by atoms with van der Waals surface area (Å²) < 4.78 is 2.60. The highest BCUT2D eigenvalue weighted by molar-refractivity contribution is 5.92. The van der Waals surface area contributed by atoms with E-state index in [0.29, 0.717) is 18.1 Å². The van der Waals surface area contributed by atoms with E-state index in [1.807, 2.05) is 29.2 Å². The molecule has 8 heteroatoms. The first-order valence-electron chi connectivity index (χ1n) is 9.06. The highest BCUT2D eigenvalue weighted by Gasteiger charge is 2.25. The van der Waals surface area contributed by atoms with Gasteiger partial charge < -0.3 is 10.2 Å². The smallest absolute Gasteiger partial charge is 0.332 e. The lowest BCUT2D eigenvalue weighted by atomic mass is 10.1. The number of pyridine rings is 1. The van der Waals surface area contributed by atoms with Gasteiger partial charge in [0.05, 0.1) is 5.52 Å². The maximum absolute atomic E-state index is 12.2. The first-order chi connectivity index (χ1) is 13.5. The van der Waals surface area contributed by atoms with Crippen LogP contribution in [0.2, 0.25) is 0 Å². The number of nitrogens with one attached hydrogen (secondary N) is 1. The van der Waals surface area contributed by atoms with E-state index in [-0.39, 0.29) is 17.3 Å². The molecule has 142 valence electrons. The summed E-state index contributed by atoms with van der Waals surface area (Å²) in [4.78, 5) is 30.6. The van der Waals surface area contributed by atoms with Crippen LogP contribution in [0.1, 0.15) is 12.1 Å². The van der Waals surface area contributed by atoms with Crippen molar-refractivity contribution in [2.75, 3.05) is 23.3 Å². The van der Waals surface area contributed by atoms with Gasteiger partial charge in [0.15, 0.2) is 0 Å². The molecule has 3 aromatic rings. The second kappa shape index (κ2) is 6.85. The summed E-state index contributed by atoms with van der Waals surface area (Å²) in [5, 5.41) is 13.7. The Kier molecular flexibility index (Phi) is 4.35. The Bertz CT molecular complexity index is 1220. The molecule has 8 nitrogen and oxygen atoms in total. The molecule has 3 heterocycles. The van der Waals surface area contributed by atoms with Gasteiger partial charge >= 0.3 is 5.69 Å². The zero-order valence-electron chi connectivity index (χ0n) is 15.7. The first-order valence-corrected chi connectivity index (χ1v) is 9.06. The van der Waals surface area contributed by atoms with E-state index in [0.717, 1.165) is 34.1 Å². The maximum atomic E-state index is 12.2. The quantitative estimate of drug-likeness (QED) is 0.738. The Morgan fingerprint density at radius 1 is 1.18 bits per heavy atom. The Labute approximate surface area is 161 Å². The Morgan fingerprint density at radius 2 is 1.96 bits per heavy atom. The lowest BCUT2D eigenvalue weighted by Gasteiger charge is -2.22. The molecule has 1 aliphatic rings. The number of fused-ring (bicyclic) bond motifs is 1. The van der Waals surface area contributed by atoms with Crippen molar-refractivity contribution in [1.29, 1.82) is 5.26 Å². The monoisotopic (exact) mass is 376 g/mol. The normalized spacial score (nSPS) is 16.3. The first kappa shape index (κ1) is 17.8. The van der Waals surface area contributed by atoms with Gasteiger partial charge in [-0.25, -0.2) is 9.78 Å². The van der Waals surface area contributed by atoms with E-state index in [9.17, 15) is 14.9 Å². The minimum atomic E-state index is -0.335. The zero-order valence-corrected chi connectivity index (χ0v) is 15.7. The molecule has 0 unspecified atom stereocenters. The molecule has 1 fully saturated rings. The van der Waals surface area contributed by atoms with Crippen molar-refractivity contribution in [2.24, 2.45) is 14.1 Å². The topological polar surface area (TPSA) is 95.9 Å². The van der Waals surface area contributed by atoms with Gasteiger partial charge in [0.2, 0.25) is 0 Å². The lowest BCUT2D eigenvalue weighted by Crippen LogP contribution is -2.40. The number of rotatable bonds is 3. The summed E-state index contributed by atoms with van der Waals surface area (Å²) in [6.07, 6.45) is 0.849. The van der Waals surface area contributed by atoms with E-state index in [1.54, 1.807) is 13.1 Å². The van der Waals surface area contributed by atoms with Crippen LogP contribution in [0.15, 0.2) is 46.0 Å². The Hall–Kier alpha value is -3.60. The van der Waals surface area contributed by atoms with Gasteiger partial charge in [0.1, 0.15) is 17.6 Å². The van der Waals surface area contributed by atoms with Crippen LogP contribution in [0.25, 0.3) is 10.9 Å². The molecule has 0 saturated carbocycles. The van der Waals surface area contributed by atoms with Gasteiger partial charge in [-0.2, -0.15) is 5.26 Å². The number of aromatic nitrogens is 3. The van der Waals surface area contributed by atoms with Crippen molar-refractivity contribution in [3.8, 4) is 6.07 Å². The number of anilines is 2. The van der Waals surface area contributed by atoms with Crippen molar-refractivity contribution in [3.63, 3.8) is 0 Å². The summed E-state index contributed by atoms with van der Waals surface area (Å²) in [6, 6.07) is 13.2. The molecule has 2 aromatic heterocycles. The van der Waals surface area contributed by atoms with Crippen LogP contribution in [-0.2, 0) is 14.1 Å². The molecule has 0 bridgehead atoms. The van der Waals surface area contributed by atoms with Crippen LogP contribution in [0, 0.1) is 11.3 Å². The van der Waals surface area contributed by atoms with Gasteiger partial charge in [-0.05, 0) is 18.6 Å². The van der Waals surface area contributed by atoms with Gasteiger partial charge in [-0.3, -0.25) is 13.9 Å². The molecule has 0 spiro atoms. The van der Waals surface area contributed by atoms with Gasteiger partial charge in [-0.1, -0.05) is 18.2 Å². The Balaban J connectivity index is 1.62. The van der Waals surface area contributed by atoms with Crippen molar-refractivity contribution in [3.05, 3.63) is 62.9 Å². The minimum absolute atomic E-state index is 0.122. The third kappa shape index (κ3) is 3.01. The molecule has 4 rings (SSSR count). The molecular formula is C20H20N6O2. The second-order valence-electron chi connectivity index (χ2n) is 7.00. The Morgan fingerprint density at radius 3 is 2.75 bits per heavy atom. The van der Waals surface area contributed by atoms with Crippen molar-refractivity contribution in [2.45, 2.75) is 12.5 Å². The zero-order chi connectivity index (χ0) is 19.8. The third-order valence-electron chi connectivity index (χ3n) is 5.20. The highest BCUT2D eigenvalue weighted by atomic mass is 16.2. The standard InChI is InChI=1S/C20H20N6O2/c1-24-18(10-19(27)25(2)20(24)28)26-8-7-13(12-26)22-17-9-14(11-21)23-16-6-4-3-5-15(16)17/h3-6,9-10,13H,7-8,12H2,1-2H3,(H,22,23)/t13-/m0/s1. The SMILES string of the molecule is Cn1c(N2CC[C@H](Nc3cc(C#N)nc4ccccc34)C2)cc(=O)n(C)c1=O. The summed E-state index contributed by atoms with van der Waals surface area (Å²) >= 11 is 0. The average Bonchev–Trinajstić information content (AvgIpc) is 3.17. The second-order valence-corrected chi connectivity index (χ2v) is 7.00. The van der Waals surface area contributed by atoms with Crippen molar-refractivity contribution >= 4 is 22.4 Å². The number of nitriles is 1. The van der Waals surface area contributed by atoms with Crippen LogP contribution in [0.3, 0.4) is 0 Å². The minimum Gasteiger partial charge on any atom is -0.380 e. The highest BCUT2D eigenvalue weighted by Crippen LogP contribution is 2.26. The summed E-state index contributed by atoms with van der Waals surface area (Å²) in [6.45, 7) is 1.38. The van der Waals surface area contributed by atoms with Gasteiger partial charge in [0, 0.05) is 50.4 Å². The molecule has 0 amide bonds. The number of hydrogen-bond acceptors (Lipinski definition) is 6. The van der Waals surface area contributed by atoms with Gasteiger partial charge in [-0.15, -0.1) is 0 Å². The van der Waals surface area contributed by atoms with Crippen LogP contribution in [-0.4, -0.2) is 33.2 Å². The van der Waals surface area contributed by atoms with E-state index < -0.39 is 0 Å². The van der Waals surface area contributed by atoms with Crippen molar-refractivity contribution in [1.82, 2.24) is 14.1 Å². The van der Waals surface area contributed by atoms with Gasteiger partial charge in [0.25, 0.3) is 5.56 Å². The lowest BCUT2D eigenvalue weighted by molar-refractivity contribution is 0.672. The predicted octanol–water partition coefficient (Wildman–Crippen LogP) is 1.19. The fourth-order valence-electron chi connectivity index (χ4n) is 3.68. The van der Waals surface area contributed by atoms with Crippen LogP contribution < -0.4 is 21.5 Å². The third-order valence-corrected chi connectivity index (χ3v) is 5.20. The van der Waals surface area contributed by atoms with E-state index in [2.05, 4.69) is 16.4 Å². The number of nitrogens with zero attached hydrogens (tertiary/aromatic N) is 5. The van der Waals surface area contributed by atoms with Crippen LogP contribution >= 0.6 is 0 Å². The van der Waals surface area contributed by atoms with E-state index in [4.69, 9.17) is 0 Å². The van der Waals surface area contributed by atoms with E-state index >= 15 is 0 Å². The summed E-state index contributed by atoms with van der Waals surface area (Å²) in [5.74, 6) is 0.620. The predicted molar refractivity (Wildman–Crippen MR) is 108 cm³/mol. The number of benzene rings is 1. The molecule has 0 radical (unpaired) electrons. The molecule has 1 aliphatic heterocycles. The average molecular weight is 376 g/mol. The number of para-hydroxylation sites is 1. The molecule has 0 aliphatic carbocycles. The van der Waals surface area contributed by atoms with Crippen LogP contribution in [0.4, 0.5) is 11.5 Å². The summed E-state index contributed by atoms with van der Waals surface area (Å²) in [5.41, 5.74) is 1.36. The molecular weight excluding hydrogens is 356 g/mol. The largest absolute Gasteiger partial charge is 0.380 e. The molecule has 1 aromatic carbocycles. The molecule has 1 N–H and O–H groups in total. The van der Waals surface area contributed by atoms with Crippen molar-refractivity contribution < 1.29 is 0 Å². The molecule has 1 atom stereocenters. The van der Waals surface area contributed by atoms with Crippen LogP contribution in [0.5, 0.6) is 0 Å². The fraction of sp³-hybridized carbons (Fsp3) is 0.300. The molecule has 1 saturated heterocycles.